The van der Waals surface area contributed by atoms with Gasteiger partial charge in [0, 0.05) is 25.7 Å². The Kier molecular flexibility index (Phi) is 7.16. The van der Waals surface area contributed by atoms with E-state index in [4.69, 9.17) is 9.72 Å². The summed E-state index contributed by atoms with van der Waals surface area (Å²) < 4.78 is 24.9. The molecule has 1 fully saturated rings. The molecule has 0 amide bonds. The number of imidazole rings is 1. The molecule has 1 aliphatic carbocycles. The Balaban J connectivity index is 1.80. The number of aliphatic hydroxyl groups excluding tert-OH is 1. The van der Waals surface area contributed by atoms with Crippen molar-refractivity contribution < 1.29 is 14.2 Å². The lowest BCUT2D eigenvalue weighted by atomic mass is 10.1. The average Bonchev–Trinajstić information content (AvgIpc) is 3.64. The van der Waals surface area contributed by atoms with Gasteiger partial charge in [-0.2, -0.15) is 0 Å². The third-order valence-electron chi connectivity index (χ3n) is 6.79. The van der Waals surface area contributed by atoms with Crippen molar-refractivity contribution in [1.29, 1.82) is 0 Å². The Bertz CT molecular complexity index is 1580. The SMILES string of the molecule is Cc1ccc(Cn2c(-c3cc(F)cnc3OCC3CC3)nc3c2c(=O)n(CCCO)c(=O)n3C(C)C)cc1. The number of hydrogen-bond acceptors (Lipinski definition) is 6. The fraction of sp³-hybridized carbons (Fsp3) is 0.429. The van der Waals surface area contributed by atoms with Crippen LogP contribution in [0.25, 0.3) is 22.6 Å². The molecule has 3 heterocycles. The third-order valence-corrected chi connectivity index (χ3v) is 6.79. The Labute approximate surface area is 219 Å². The molecule has 0 radical (unpaired) electrons. The number of aryl methyl sites for hydroxylation is 1. The van der Waals surface area contributed by atoms with Crippen LogP contribution in [0.1, 0.15) is 50.3 Å². The summed E-state index contributed by atoms with van der Waals surface area (Å²) in [6.45, 7) is 6.31. The molecule has 1 N–H and O–H groups in total. The zero-order valence-electron chi connectivity index (χ0n) is 21.9. The minimum Gasteiger partial charge on any atom is -0.477 e. The highest BCUT2D eigenvalue weighted by molar-refractivity contribution is 5.78. The molecule has 0 unspecified atom stereocenters. The van der Waals surface area contributed by atoms with Crippen LogP contribution in [0.4, 0.5) is 4.39 Å². The Morgan fingerprint density at radius 1 is 1.16 bits per heavy atom. The number of halogens is 1. The van der Waals surface area contributed by atoms with Crippen LogP contribution in [0.2, 0.25) is 0 Å². The van der Waals surface area contributed by atoms with E-state index in [1.165, 1.54) is 10.6 Å². The van der Waals surface area contributed by atoms with Crippen molar-refractivity contribution >= 4 is 11.2 Å². The molecule has 38 heavy (non-hydrogen) atoms. The molecular formula is C28H32FN5O4. The highest BCUT2D eigenvalue weighted by Crippen LogP contribution is 2.34. The first-order valence-corrected chi connectivity index (χ1v) is 13.0. The third kappa shape index (κ3) is 5.00. The maximum absolute atomic E-state index is 14.6. The number of nitrogens with zero attached hydrogens (tertiary/aromatic N) is 5. The van der Waals surface area contributed by atoms with Crippen LogP contribution in [0, 0.1) is 18.7 Å². The first-order valence-electron chi connectivity index (χ1n) is 13.0. The maximum Gasteiger partial charge on any atom is 0.332 e. The second-order valence-electron chi connectivity index (χ2n) is 10.2. The molecule has 5 rings (SSSR count). The van der Waals surface area contributed by atoms with Gasteiger partial charge in [0.1, 0.15) is 11.6 Å². The number of pyridine rings is 1. The zero-order valence-corrected chi connectivity index (χ0v) is 21.9. The molecule has 10 heteroatoms. The Morgan fingerprint density at radius 3 is 2.55 bits per heavy atom. The van der Waals surface area contributed by atoms with Gasteiger partial charge in [0.2, 0.25) is 5.88 Å². The van der Waals surface area contributed by atoms with E-state index in [2.05, 4.69) is 4.98 Å². The topological polar surface area (TPSA) is 104 Å². The van der Waals surface area contributed by atoms with E-state index in [1.54, 1.807) is 4.57 Å². The molecule has 1 aliphatic rings. The number of fused-ring (bicyclic) bond motifs is 1. The molecule has 0 saturated heterocycles. The van der Waals surface area contributed by atoms with Gasteiger partial charge in [-0.25, -0.2) is 19.2 Å². The largest absolute Gasteiger partial charge is 0.477 e. The molecule has 9 nitrogen and oxygen atoms in total. The van der Waals surface area contributed by atoms with Gasteiger partial charge in [0.05, 0.1) is 18.4 Å². The number of ether oxygens (including phenoxy) is 1. The van der Waals surface area contributed by atoms with Crippen LogP contribution in [-0.2, 0) is 13.1 Å². The van der Waals surface area contributed by atoms with Crippen LogP contribution in [0.15, 0.2) is 46.1 Å². The van der Waals surface area contributed by atoms with Gasteiger partial charge >= 0.3 is 5.69 Å². The quantitative estimate of drug-likeness (QED) is 0.342. The second-order valence-corrected chi connectivity index (χ2v) is 10.2. The number of benzene rings is 1. The molecule has 200 valence electrons. The maximum atomic E-state index is 14.6. The second kappa shape index (κ2) is 10.5. The van der Waals surface area contributed by atoms with Gasteiger partial charge in [-0.05, 0) is 57.6 Å². The van der Waals surface area contributed by atoms with Crippen LogP contribution < -0.4 is 16.0 Å². The van der Waals surface area contributed by atoms with Gasteiger partial charge in [0.25, 0.3) is 5.56 Å². The van der Waals surface area contributed by atoms with Crippen LogP contribution in [-0.4, -0.2) is 42.0 Å². The summed E-state index contributed by atoms with van der Waals surface area (Å²) >= 11 is 0. The zero-order chi connectivity index (χ0) is 27.0. The molecule has 0 spiro atoms. The molecular weight excluding hydrogens is 489 g/mol. The van der Waals surface area contributed by atoms with E-state index in [1.807, 2.05) is 45.0 Å². The van der Waals surface area contributed by atoms with E-state index >= 15 is 0 Å². The molecule has 0 aliphatic heterocycles. The molecule has 0 atom stereocenters. The highest BCUT2D eigenvalue weighted by atomic mass is 19.1. The van der Waals surface area contributed by atoms with Crippen LogP contribution in [0.5, 0.6) is 5.88 Å². The number of hydrogen-bond donors (Lipinski definition) is 1. The molecule has 4 aromatic rings. The van der Waals surface area contributed by atoms with Gasteiger partial charge in [0.15, 0.2) is 11.2 Å². The van der Waals surface area contributed by atoms with Crippen LogP contribution >= 0.6 is 0 Å². The summed E-state index contributed by atoms with van der Waals surface area (Å²) in [7, 11) is 0. The fourth-order valence-electron chi connectivity index (χ4n) is 4.56. The molecule has 1 saturated carbocycles. The monoisotopic (exact) mass is 521 g/mol. The lowest BCUT2D eigenvalue weighted by Crippen LogP contribution is -2.41. The molecule has 1 aromatic carbocycles. The van der Waals surface area contributed by atoms with Crippen molar-refractivity contribution in [2.45, 2.75) is 59.2 Å². The predicted molar refractivity (Wildman–Crippen MR) is 142 cm³/mol. The van der Waals surface area contributed by atoms with Crippen molar-refractivity contribution in [2.75, 3.05) is 13.2 Å². The van der Waals surface area contributed by atoms with E-state index in [9.17, 15) is 19.1 Å². The van der Waals surface area contributed by atoms with E-state index < -0.39 is 17.1 Å². The van der Waals surface area contributed by atoms with E-state index in [-0.39, 0.29) is 49.2 Å². The van der Waals surface area contributed by atoms with Crippen molar-refractivity contribution in [3.8, 4) is 17.3 Å². The molecule has 3 aromatic heterocycles. The predicted octanol–water partition coefficient (Wildman–Crippen LogP) is 3.67. The van der Waals surface area contributed by atoms with E-state index in [0.717, 1.165) is 34.7 Å². The van der Waals surface area contributed by atoms with Crippen LogP contribution in [0.3, 0.4) is 0 Å². The standard InChI is InChI=1S/C28H32FN5O4/c1-17(2)34-25-23(27(36)32(28(34)37)11-4-12-35)33(15-19-7-5-18(3)6-8-19)24(31-25)22-13-21(29)14-30-26(22)38-16-20-9-10-20/h5-8,13-14,17,20,35H,4,9-12,15-16H2,1-3H3. The van der Waals surface area contributed by atoms with Gasteiger partial charge in [-0.3, -0.25) is 13.9 Å². The first-order chi connectivity index (χ1) is 18.3. The number of aromatic nitrogens is 5. The average molecular weight is 522 g/mol. The van der Waals surface area contributed by atoms with Crippen molar-refractivity contribution in [2.24, 2.45) is 5.92 Å². The van der Waals surface area contributed by atoms with Gasteiger partial charge in [-0.1, -0.05) is 29.8 Å². The summed E-state index contributed by atoms with van der Waals surface area (Å²) in [5.74, 6) is 0.419. The Morgan fingerprint density at radius 2 is 1.89 bits per heavy atom. The summed E-state index contributed by atoms with van der Waals surface area (Å²) in [5, 5.41) is 9.38. The number of aliphatic hydroxyl groups is 1. The smallest absolute Gasteiger partial charge is 0.332 e. The van der Waals surface area contributed by atoms with Crippen molar-refractivity contribution in [1.82, 2.24) is 23.7 Å². The first kappa shape index (κ1) is 25.8. The minimum atomic E-state index is -0.561. The Hall–Kier alpha value is -3.79. The number of rotatable bonds is 10. The minimum absolute atomic E-state index is 0.0686. The summed E-state index contributed by atoms with van der Waals surface area (Å²) in [4.78, 5) is 36.2. The van der Waals surface area contributed by atoms with E-state index in [0.29, 0.717) is 23.9 Å². The summed E-state index contributed by atoms with van der Waals surface area (Å²) in [6, 6.07) is 8.88. The fourth-order valence-corrected chi connectivity index (χ4v) is 4.56. The summed E-state index contributed by atoms with van der Waals surface area (Å²) in [6.07, 6.45) is 3.52. The van der Waals surface area contributed by atoms with Crippen molar-refractivity contribution in [3.63, 3.8) is 0 Å². The highest BCUT2D eigenvalue weighted by Gasteiger charge is 2.27. The lowest BCUT2D eigenvalue weighted by molar-refractivity contribution is 0.277. The normalized spacial score (nSPS) is 13.5. The lowest BCUT2D eigenvalue weighted by Gasteiger charge is -2.15. The molecule has 0 bridgehead atoms. The van der Waals surface area contributed by atoms with Crippen molar-refractivity contribution in [3.05, 3.63) is 74.3 Å². The van der Waals surface area contributed by atoms with Gasteiger partial charge < -0.3 is 14.4 Å². The summed E-state index contributed by atoms with van der Waals surface area (Å²) in [5.41, 5.74) is 1.75. The van der Waals surface area contributed by atoms with Gasteiger partial charge in [-0.15, -0.1) is 0 Å².